The van der Waals surface area contributed by atoms with Crippen molar-refractivity contribution in [1.82, 2.24) is 4.72 Å². The summed E-state index contributed by atoms with van der Waals surface area (Å²) in [4.78, 5) is 12.6. The van der Waals surface area contributed by atoms with Crippen LogP contribution >= 0.6 is 0 Å². The van der Waals surface area contributed by atoms with E-state index in [9.17, 15) is 13.2 Å². The van der Waals surface area contributed by atoms with Crippen LogP contribution in [0.3, 0.4) is 0 Å². The summed E-state index contributed by atoms with van der Waals surface area (Å²) in [5.41, 5.74) is 2.77. The highest BCUT2D eigenvalue weighted by Crippen LogP contribution is 2.38. The highest BCUT2D eigenvalue weighted by molar-refractivity contribution is 7.90. The zero-order valence-electron chi connectivity index (χ0n) is 13.6. The molecule has 0 radical (unpaired) electrons. The number of hydrogen-bond donors (Lipinski definition) is 1. The molecule has 6 heteroatoms. The summed E-state index contributed by atoms with van der Waals surface area (Å²) in [6, 6.07) is 11.9. The van der Waals surface area contributed by atoms with Gasteiger partial charge < -0.3 is 4.74 Å². The number of amides is 1. The lowest BCUT2D eigenvalue weighted by molar-refractivity contribution is -0.120. The molecule has 0 spiro atoms. The summed E-state index contributed by atoms with van der Waals surface area (Å²) in [6.45, 7) is 1.87. The number of carbonyl (C=O) groups is 1. The molecule has 0 aliphatic heterocycles. The van der Waals surface area contributed by atoms with E-state index in [1.807, 2.05) is 25.1 Å². The van der Waals surface area contributed by atoms with Gasteiger partial charge in [0.2, 0.25) is 5.91 Å². The Morgan fingerprint density at radius 3 is 2.54 bits per heavy atom. The lowest BCUT2D eigenvalue weighted by Crippen LogP contribution is -2.34. The van der Waals surface area contributed by atoms with Crippen LogP contribution in [0.2, 0.25) is 0 Å². The summed E-state index contributed by atoms with van der Waals surface area (Å²) < 4.78 is 32.3. The van der Waals surface area contributed by atoms with Crippen molar-refractivity contribution >= 4 is 15.9 Å². The average molecular weight is 345 g/mol. The van der Waals surface area contributed by atoms with Crippen LogP contribution in [0, 0.1) is 6.92 Å². The standard InChI is InChI=1S/C18H19NO4S/c1-12-6-8-13(9-7-12)24(21,22)19-18(20)16-11-10-15-14(16)4-3-5-17(15)23-2/h3-9,16H,10-11H2,1-2H3,(H,19,20). The van der Waals surface area contributed by atoms with E-state index in [4.69, 9.17) is 4.74 Å². The highest BCUT2D eigenvalue weighted by Gasteiger charge is 2.32. The Morgan fingerprint density at radius 1 is 1.17 bits per heavy atom. The van der Waals surface area contributed by atoms with Gasteiger partial charge in [-0.2, -0.15) is 0 Å². The van der Waals surface area contributed by atoms with E-state index >= 15 is 0 Å². The van der Waals surface area contributed by atoms with Crippen molar-refractivity contribution in [2.24, 2.45) is 0 Å². The summed E-state index contributed by atoms with van der Waals surface area (Å²) >= 11 is 0. The van der Waals surface area contributed by atoms with Crippen molar-refractivity contribution in [2.45, 2.75) is 30.6 Å². The minimum absolute atomic E-state index is 0.0883. The fourth-order valence-corrected chi connectivity index (χ4v) is 4.08. The van der Waals surface area contributed by atoms with E-state index in [0.29, 0.717) is 12.8 Å². The first kappa shape index (κ1) is 16.5. The van der Waals surface area contributed by atoms with E-state index in [1.165, 1.54) is 12.1 Å². The maximum atomic E-state index is 12.5. The molecule has 1 amide bonds. The summed E-state index contributed by atoms with van der Waals surface area (Å²) in [6.07, 6.45) is 1.27. The van der Waals surface area contributed by atoms with Gasteiger partial charge in [-0.05, 0) is 49.1 Å². The Balaban J connectivity index is 1.83. The van der Waals surface area contributed by atoms with Gasteiger partial charge in [-0.3, -0.25) is 4.79 Å². The molecule has 0 heterocycles. The molecule has 3 rings (SSSR count). The van der Waals surface area contributed by atoms with Gasteiger partial charge in [0.15, 0.2) is 0 Å². The number of sulfonamides is 1. The molecule has 1 aliphatic rings. The van der Waals surface area contributed by atoms with Crippen molar-refractivity contribution in [2.75, 3.05) is 7.11 Å². The number of benzene rings is 2. The molecule has 0 saturated carbocycles. The number of fused-ring (bicyclic) bond motifs is 1. The van der Waals surface area contributed by atoms with Gasteiger partial charge in [0.25, 0.3) is 10.0 Å². The first-order valence-corrected chi connectivity index (χ1v) is 9.20. The van der Waals surface area contributed by atoms with Crippen LogP contribution < -0.4 is 9.46 Å². The van der Waals surface area contributed by atoms with Gasteiger partial charge in [-0.1, -0.05) is 29.8 Å². The molecule has 0 saturated heterocycles. The van der Waals surface area contributed by atoms with Crippen LogP contribution in [0.25, 0.3) is 0 Å². The predicted octanol–water partition coefficient (Wildman–Crippen LogP) is 2.54. The molecule has 5 nitrogen and oxygen atoms in total. The largest absolute Gasteiger partial charge is 0.496 e. The topological polar surface area (TPSA) is 72.5 Å². The third-order valence-corrected chi connectivity index (χ3v) is 5.69. The normalized spacial score (nSPS) is 16.5. The van der Waals surface area contributed by atoms with Crippen molar-refractivity contribution in [3.8, 4) is 5.75 Å². The Hall–Kier alpha value is -2.34. The van der Waals surface area contributed by atoms with Gasteiger partial charge in [0.05, 0.1) is 17.9 Å². The monoisotopic (exact) mass is 345 g/mol. The lowest BCUT2D eigenvalue weighted by atomic mass is 10.0. The van der Waals surface area contributed by atoms with E-state index < -0.39 is 21.8 Å². The van der Waals surface area contributed by atoms with Crippen LogP contribution in [0.5, 0.6) is 5.75 Å². The molecule has 1 unspecified atom stereocenters. The van der Waals surface area contributed by atoms with Gasteiger partial charge in [0, 0.05) is 0 Å². The van der Waals surface area contributed by atoms with E-state index in [-0.39, 0.29) is 4.90 Å². The SMILES string of the molecule is COc1cccc2c1CCC2C(=O)NS(=O)(=O)c1ccc(C)cc1. The van der Waals surface area contributed by atoms with Crippen molar-refractivity contribution in [1.29, 1.82) is 0 Å². The van der Waals surface area contributed by atoms with E-state index in [2.05, 4.69) is 4.72 Å². The van der Waals surface area contributed by atoms with Gasteiger partial charge in [-0.15, -0.1) is 0 Å². The van der Waals surface area contributed by atoms with Crippen LogP contribution in [0.4, 0.5) is 0 Å². The first-order valence-electron chi connectivity index (χ1n) is 7.71. The van der Waals surface area contributed by atoms with Crippen LogP contribution in [0.15, 0.2) is 47.4 Å². The molecule has 2 aromatic carbocycles. The average Bonchev–Trinajstić information content (AvgIpc) is 2.99. The molecule has 1 N–H and O–H groups in total. The fraction of sp³-hybridized carbons (Fsp3) is 0.278. The summed E-state index contributed by atoms with van der Waals surface area (Å²) in [5, 5.41) is 0. The van der Waals surface area contributed by atoms with Crippen LogP contribution in [-0.2, 0) is 21.2 Å². The van der Waals surface area contributed by atoms with Crippen molar-refractivity contribution < 1.29 is 17.9 Å². The maximum absolute atomic E-state index is 12.5. The quantitative estimate of drug-likeness (QED) is 0.924. The van der Waals surface area contributed by atoms with Crippen molar-refractivity contribution in [3.63, 3.8) is 0 Å². The molecular formula is C18H19NO4S. The number of rotatable bonds is 4. The fourth-order valence-electron chi connectivity index (χ4n) is 3.06. The molecule has 2 aromatic rings. The number of hydrogen-bond acceptors (Lipinski definition) is 4. The molecule has 0 fully saturated rings. The molecular weight excluding hydrogens is 326 g/mol. The zero-order chi connectivity index (χ0) is 17.3. The number of ether oxygens (including phenoxy) is 1. The third kappa shape index (κ3) is 3.01. The highest BCUT2D eigenvalue weighted by atomic mass is 32.2. The number of nitrogens with one attached hydrogen (secondary N) is 1. The van der Waals surface area contributed by atoms with Crippen LogP contribution in [-0.4, -0.2) is 21.4 Å². The molecule has 1 atom stereocenters. The second-order valence-electron chi connectivity index (χ2n) is 5.90. The zero-order valence-corrected chi connectivity index (χ0v) is 14.4. The molecule has 126 valence electrons. The summed E-state index contributed by atoms with van der Waals surface area (Å²) in [7, 11) is -2.27. The second kappa shape index (κ2) is 6.28. The molecule has 1 aliphatic carbocycles. The minimum atomic E-state index is -3.86. The predicted molar refractivity (Wildman–Crippen MR) is 90.6 cm³/mol. The smallest absolute Gasteiger partial charge is 0.264 e. The Morgan fingerprint density at radius 2 is 1.88 bits per heavy atom. The van der Waals surface area contributed by atoms with Gasteiger partial charge in [0.1, 0.15) is 5.75 Å². The van der Waals surface area contributed by atoms with Gasteiger partial charge >= 0.3 is 0 Å². The summed E-state index contributed by atoms with van der Waals surface area (Å²) in [5.74, 6) is -0.234. The van der Waals surface area contributed by atoms with E-state index in [1.54, 1.807) is 19.2 Å². The lowest BCUT2D eigenvalue weighted by Gasteiger charge is -2.13. The van der Waals surface area contributed by atoms with Gasteiger partial charge in [-0.25, -0.2) is 13.1 Å². The Labute approximate surface area is 141 Å². The number of methoxy groups -OCH3 is 1. The van der Waals surface area contributed by atoms with Crippen molar-refractivity contribution in [3.05, 3.63) is 59.2 Å². The molecule has 24 heavy (non-hydrogen) atoms. The maximum Gasteiger partial charge on any atom is 0.264 e. The minimum Gasteiger partial charge on any atom is -0.496 e. The number of carbonyl (C=O) groups excluding carboxylic acids is 1. The Bertz CT molecular complexity index is 872. The second-order valence-corrected chi connectivity index (χ2v) is 7.58. The number of aryl methyl sites for hydroxylation is 1. The third-order valence-electron chi connectivity index (χ3n) is 4.33. The Kier molecular flexibility index (Phi) is 4.32. The van der Waals surface area contributed by atoms with Crippen LogP contribution in [0.1, 0.15) is 29.0 Å². The molecule has 0 aromatic heterocycles. The molecule has 0 bridgehead atoms. The van der Waals surface area contributed by atoms with E-state index in [0.717, 1.165) is 22.4 Å². The first-order chi connectivity index (χ1) is 11.4.